The Morgan fingerprint density at radius 3 is 1.60 bits per heavy atom. The molecule has 1 aromatic carbocycles. The highest BCUT2D eigenvalue weighted by Gasteiger charge is 2.19. The second kappa shape index (κ2) is 12.9. The van der Waals surface area contributed by atoms with E-state index in [0.717, 1.165) is 22.6 Å². The van der Waals surface area contributed by atoms with Crippen LogP contribution in [-0.4, -0.2) is 40.9 Å². The standard InChI is InChI=1S/C19H15ClN4O.C13H12N4O/c1-12-3-9-16(11-22-12)24-13(2)17(23-19(24)18(21)25)10-6-14-4-7-15(20)8-5-14;1-4-11-9(3)17(13(16-11)12(14)18)10-6-5-8(2)15-7-10/h3-5,7-9,11H,1-2H3,(H2,21,25);1,5-7H,2-3H3,(H2,14,18). The lowest BCUT2D eigenvalue weighted by molar-refractivity contribution is 0.0980. The van der Waals surface area contributed by atoms with E-state index in [-0.39, 0.29) is 11.6 Å². The molecule has 4 aromatic heterocycles. The number of imidazole rings is 2. The van der Waals surface area contributed by atoms with Gasteiger partial charge in [-0.1, -0.05) is 17.5 Å². The fourth-order valence-corrected chi connectivity index (χ4v) is 4.20. The van der Waals surface area contributed by atoms with E-state index in [1.807, 2.05) is 57.2 Å². The number of halogens is 1. The molecule has 0 spiro atoms. The average molecular weight is 591 g/mol. The summed E-state index contributed by atoms with van der Waals surface area (Å²) in [6.07, 6.45) is 8.66. The van der Waals surface area contributed by atoms with Crippen molar-refractivity contribution >= 4 is 23.4 Å². The fourth-order valence-electron chi connectivity index (χ4n) is 4.07. The minimum atomic E-state index is -0.625. The molecule has 0 aliphatic heterocycles. The van der Waals surface area contributed by atoms with Crippen LogP contribution >= 0.6 is 11.6 Å². The Balaban J connectivity index is 0.000000208. The van der Waals surface area contributed by atoms with Gasteiger partial charge in [0.2, 0.25) is 11.6 Å². The van der Waals surface area contributed by atoms with Crippen molar-refractivity contribution in [3.63, 3.8) is 0 Å². The van der Waals surface area contributed by atoms with Gasteiger partial charge in [-0.05, 0) is 88.1 Å². The van der Waals surface area contributed by atoms with Gasteiger partial charge in [0.1, 0.15) is 11.4 Å². The zero-order valence-electron chi connectivity index (χ0n) is 23.9. The summed E-state index contributed by atoms with van der Waals surface area (Å²) >= 11 is 5.87. The highest BCUT2D eigenvalue weighted by molar-refractivity contribution is 6.30. The Kier molecular flexibility index (Phi) is 9.05. The molecule has 11 heteroatoms. The predicted molar refractivity (Wildman–Crippen MR) is 164 cm³/mol. The van der Waals surface area contributed by atoms with E-state index in [0.29, 0.717) is 33.5 Å². The van der Waals surface area contributed by atoms with Crippen molar-refractivity contribution in [2.45, 2.75) is 27.7 Å². The first-order valence-electron chi connectivity index (χ1n) is 12.9. The molecule has 43 heavy (non-hydrogen) atoms. The van der Waals surface area contributed by atoms with Crippen molar-refractivity contribution in [3.8, 4) is 35.6 Å². The third kappa shape index (κ3) is 6.79. The van der Waals surface area contributed by atoms with Crippen LogP contribution in [0.25, 0.3) is 11.4 Å². The summed E-state index contributed by atoms with van der Waals surface area (Å²) in [5.41, 5.74) is 17.1. The van der Waals surface area contributed by atoms with E-state index in [2.05, 4.69) is 37.7 Å². The number of carbonyl (C=O) groups is 2. The number of terminal acetylenes is 1. The summed E-state index contributed by atoms with van der Waals surface area (Å²) in [6.45, 7) is 7.40. The molecule has 4 heterocycles. The minimum Gasteiger partial charge on any atom is -0.363 e. The maximum absolute atomic E-state index is 11.8. The van der Waals surface area contributed by atoms with Gasteiger partial charge in [0, 0.05) is 22.0 Å². The Bertz CT molecular complexity index is 1920. The highest BCUT2D eigenvalue weighted by Crippen LogP contribution is 2.19. The van der Waals surface area contributed by atoms with Crippen LogP contribution in [0.15, 0.2) is 60.9 Å². The maximum atomic E-state index is 11.8. The second-order valence-electron chi connectivity index (χ2n) is 9.35. The lowest BCUT2D eigenvalue weighted by atomic mass is 10.2. The molecule has 0 fully saturated rings. The Morgan fingerprint density at radius 1 is 0.721 bits per heavy atom. The first-order chi connectivity index (χ1) is 20.5. The molecule has 0 bridgehead atoms. The summed E-state index contributed by atoms with van der Waals surface area (Å²) in [6, 6.07) is 14.6. The van der Waals surface area contributed by atoms with Crippen LogP contribution in [0, 0.1) is 51.9 Å². The predicted octanol–water partition coefficient (Wildman–Crippen LogP) is 4.00. The van der Waals surface area contributed by atoms with Crippen LogP contribution in [0.3, 0.4) is 0 Å². The van der Waals surface area contributed by atoms with Crippen molar-refractivity contribution in [3.05, 3.63) is 117 Å². The molecular formula is C32H27ClN8O2. The summed E-state index contributed by atoms with van der Waals surface area (Å²) in [5.74, 6) is 7.44. The van der Waals surface area contributed by atoms with E-state index in [9.17, 15) is 9.59 Å². The van der Waals surface area contributed by atoms with Crippen LogP contribution < -0.4 is 11.5 Å². The average Bonchev–Trinajstić information content (AvgIpc) is 3.50. The molecule has 0 radical (unpaired) electrons. The van der Waals surface area contributed by atoms with Crippen LogP contribution in [0.2, 0.25) is 5.02 Å². The largest absolute Gasteiger partial charge is 0.363 e. The van der Waals surface area contributed by atoms with Crippen molar-refractivity contribution in [1.82, 2.24) is 29.1 Å². The normalized spacial score (nSPS) is 10.1. The van der Waals surface area contributed by atoms with E-state index in [1.54, 1.807) is 40.6 Å². The van der Waals surface area contributed by atoms with Gasteiger partial charge in [0.05, 0.1) is 35.2 Å². The van der Waals surface area contributed by atoms with E-state index in [1.165, 1.54) is 0 Å². The number of hydrogen-bond donors (Lipinski definition) is 2. The molecule has 0 aliphatic carbocycles. The van der Waals surface area contributed by atoms with Gasteiger partial charge in [-0.25, -0.2) is 9.97 Å². The highest BCUT2D eigenvalue weighted by atomic mass is 35.5. The zero-order valence-corrected chi connectivity index (χ0v) is 24.6. The number of hydrogen-bond acceptors (Lipinski definition) is 6. The smallest absolute Gasteiger partial charge is 0.285 e. The number of amides is 2. The van der Waals surface area contributed by atoms with Crippen LogP contribution in [0.5, 0.6) is 0 Å². The molecule has 0 atom stereocenters. The first kappa shape index (κ1) is 30.3. The van der Waals surface area contributed by atoms with Gasteiger partial charge >= 0.3 is 0 Å². The molecule has 5 aromatic rings. The van der Waals surface area contributed by atoms with Crippen molar-refractivity contribution < 1.29 is 9.59 Å². The molecule has 4 N–H and O–H groups in total. The quantitative estimate of drug-likeness (QED) is 0.302. The van der Waals surface area contributed by atoms with Gasteiger partial charge < -0.3 is 11.5 Å². The number of aryl methyl sites for hydroxylation is 2. The van der Waals surface area contributed by atoms with Gasteiger partial charge in [0.25, 0.3) is 11.8 Å². The molecule has 0 saturated heterocycles. The monoisotopic (exact) mass is 590 g/mol. The molecule has 2 amide bonds. The van der Waals surface area contributed by atoms with Crippen LogP contribution in [0.4, 0.5) is 0 Å². The zero-order chi connectivity index (χ0) is 31.3. The Morgan fingerprint density at radius 2 is 1.19 bits per heavy atom. The third-order valence-electron chi connectivity index (χ3n) is 6.27. The molecule has 214 valence electrons. The number of carbonyl (C=O) groups excluding carboxylic acids is 2. The third-order valence-corrected chi connectivity index (χ3v) is 6.52. The Hall–Kier alpha value is -5.71. The van der Waals surface area contributed by atoms with Gasteiger partial charge in [0.15, 0.2) is 0 Å². The van der Waals surface area contributed by atoms with Gasteiger partial charge in [-0.2, -0.15) is 0 Å². The summed E-state index contributed by atoms with van der Waals surface area (Å²) in [5, 5.41) is 0.647. The number of primary amides is 2. The lowest BCUT2D eigenvalue weighted by Crippen LogP contribution is -2.18. The first-order valence-corrected chi connectivity index (χ1v) is 13.3. The summed E-state index contributed by atoms with van der Waals surface area (Å²) in [7, 11) is 0. The van der Waals surface area contributed by atoms with Gasteiger partial charge in [-0.3, -0.25) is 28.7 Å². The van der Waals surface area contributed by atoms with E-state index >= 15 is 0 Å². The number of benzene rings is 1. The van der Waals surface area contributed by atoms with Crippen LogP contribution in [0.1, 0.15) is 61.0 Å². The van der Waals surface area contributed by atoms with Crippen molar-refractivity contribution in [2.24, 2.45) is 11.5 Å². The van der Waals surface area contributed by atoms with E-state index in [4.69, 9.17) is 29.5 Å². The number of aromatic nitrogens is 6. The molecular weight excluding hydrogens is 564 g/mol. The topological polar surface area (TPSA) is 148 Å². The van der Waals surface area contributed by atoms with Crippen molar-refractivity contribution in [1.29, 1.82) is 0 Å². The minimum absolute atomic E-state index is 0.117. The van der Waals surface area contributed by atoms with Crippen molar-refractivity contribution in [2.75, 3.05) is 0 Å². The molecule has 5 rings (SSSR count). The second-order valence-corrected chi connectivity index (χ2v) is 9.79. The number of nitrogens with zero attached hydrogens (tertiary/aromatic N) is 6. The molecule has 0 aliphatic rings. The maximum Gasteiger partial charge on any atom is 0.285 e. The van der Waals surface area contributed by atoms with E-state index < -0.39 is 11.8 Å². The molecule has 0 saturated carbocycles. The lowest BCUT2D eigenvalue weighted by Gasteiger charge is -2.07. The number of rotatable bonds is 4. The Labute approximate surface area is 253 Å². The van der Waals surface area contributed by atoms with Crippen LogP contribution in [-0.2, 0) is 0 Å². The molecule has 10 nitrogen and oxygen atoms in total. The SMILES string of the molecule is C#Cc1nc(C(N)=O)n(-c2ccc(C)nc2)c1C.Cc1ccc(-n2c(C(N)=O)nc(C#Cc3ccc(Cl)cc3)c2C)cn1. The number of pyridine rings is 2. The molecule has 0 unspecified atom stereocenters. The number of nitrogens with two attached hydrogens (primary N) is 2. The fraction of sp³-hybridized carbons (Fsp3) is 0.125. The van der Waals surface area contributed by atoms with Gasteiger partial charge in [-0.15, -0.1) is 6.42 Å². The summed E-state index contributed by atoms with van der Waals surface area (Å²) < 4.78 is 3.28. The summed E-state index contributed by atoms with van der Waals surface area (Å²) in [4.78, 5) is 40.0.